The fraction of sp³-hybridized carbons (Fsp3) is 0.750. The van der Waals surface area contributed by atoms with E-state index in [-0.39, 0.29) is 0 Å². The molecule has 0 aromatic carbocycles. The van der Waals surface area contributed by atoms with Gasteiger partial charge in [-0.25, -0.2) is 0 Å². The van der Waals surface area contributed by atoms with Gasteiger partial charge in [-0.1, -0.05) is 40.7 Å². The lowest BCUT2D eigenvalue weighted by atomic mass is 9.95. The summed E-state index contributed by atoms with van der Waals surface area (Å²) in [5, 5.41) is 0. The summed E-state index contributed by atoms with van der Waals surface area (Å²) in [6, 6.07) is 0. The summed E-state index contributed by atoms with van der Waals surface area (Å²) in [4.78, 5) is 4.30. The largest absolute Gasteiger partial charge is 0.266 e. The Bertz CT molecular complexity index is 155. The number of hydrogen-bond acceptors (Lipinski definition) is 1. The maximum Gasteiger partial charge on any atom is 0.0387 e. The van der Waals surface area contributed by atoms with E-state index in [2.05, 4.69) is 31.8 Å². The summed E-state index contributed by atoms with van der Waals surface area (Å²) in [5.74, 6) is 1.24. The van der Waals surface area contributed by atoms with Gasteiger partial charge in [-0.15, -0.1) is 0 Å². The first-order valence-corrected chi connectivity index (χ1v) is 5.28. The molecule has 0 saturated carbocycles. The van der Waals surface area contributed by atoms with Crippen molar-refractivity contribution < 1.29 is 0 Å². The second-order valence-electron chi connectivity index (χ2n) is 3.13. The van der Waals surface area contributed by atoms with Gasteiger partial charge in [-0.2, -0.15) is 0 Å². The Balaban J connectivity index is 0. The number of nitrogens with zero attached hydrogens (tertiary/aromatic N) is 1. The molecule has 0 N–H and O–H groups in total. The Morgan fingerprint density at radius 1 is 1.08 bits per heavy atom. The third-order valence-electron chi connectivity index (χ3n) is 2.04. The van der Waals surface area contributed by atoms with Crippen molar-refractivity contribution in [1.82, 2.24) is 0 Å². The molecule has 0 fully saturated rings. The van der Waals surface area contributed by atoms with Crippen LogP contribution in [-0.2, 0) is 0 Å². The van der Waals surface area contributed by atoms with Gasteiger partial charge in [0.25, 0.3) is 0 Å². The van der Waals surface area contributed by atoms with Gasteiger partial charge in [0.05, 0.1) is 0 Å². The SMILES string of the molecule is CC.CC=N/C(=C\C)C(C)C(C)C. The molecule has 0 aliphatic heterocycles. The Hall–Kier alpha value is -0.590. The van der Waals surface area contributed by atoms with E-state index in [1.54, 1.807) is 0 Å². The molecule has 1 heteroatoms. The van der Waals surface area contributed by atoms with Gasteiger partial charge >= 0.3 is 0 Å². The second-order valence-corrected chi connectivity index (χ2v) is 3.13. The van der Waals surface area contributed by atoms with Gasteiger partial charge < -0.3 is 0 Å². The van der Waals surface area contributed by atoms with Gasteiger partial charge in [-0.3, -0.25) is 4.99 Å². The molecule has 0 spiro atoms. The van der Waals surface area contributed by atoms with E-state index >= 15 is 0 Å². The first kappa shape index (κ1) is 14.9. The molecule has 0 bridgehead atoms. The highest BCUT2D eigenvalue weighted by Crippen LogP contribution is 2.19. The van der Waals surface area contributed by atoms with Crippen LogP contribution in [0.25, 0.3) is 0 Å². The zero-order valence-electron chi connectivity index (χ0n) is 10.3. The highest BCUT2D eigenvalue weighted by molar-refractivity contribution is 5.55. The summed E-state index contributed by atoms with van der Waals surface area (Å²) >= 11 is 0. The van der Waals surface area contributed by atoms with E-state index in [0.29, 0.717) is 11.8 Å². The van der Waals surface area contributed by atoms with E-state index in [1.165, 1.54) is 5.70 Å². The summed E-state index contributed by atoms with van der Waals surface area (Å²) < 4.78 is 0. The summed E-state index contributed by atoms with van der Waals surface area (Å²) in [7, 11) is 0. The minimum Gasteiger partial charge on any atom is -0.266 e. The number of allylic oxidation sites excluding steroid dienone is 2. The van der Waals surface area contributed by atoms with Crippen LogP contribution in [0.3, 0.4) is 0 Å². The second kappa shape index (κ2) is 9.50. The van der Waals surface area contributed by atoms with Crippen molar-refractivity contribution in [2.24, 2.45) is 16.8 Å². The molecule has 78 valence electrons. The van der Waals surface area contributed by atoms with Gasteiger partial charge in [-0.05, 0) is 19.8 Å². The molecule has 0 aromatic heterocycles. The van der Waals surface area contributed by atoms with E-state index in [0.717, 1.165) is 0 Å². The zero-order valence-corrected chi connectivity index (χ0v) is 10.3. The lowest BCUT2D eigenvalue weighted by Gasteiger charge is -2.15. The van der Waals surface area contributed by atoms with Gasteiger partial charge in [0.1, 0.15) is 0 Å². The van der Waals surface area contributed by atoms with Crippen LogP contribution in [0.5, 0.6) is 0 Å². The van der Waals surface area contributed by atoms with Crippen LogP contribution in [0, 0.1) is 11.8 Å². The van der Waals surface area contributed by atoms with Crippen molar-refractivity contribution >= 4 is 6.21 Å². The molecule has 0 aliphatic carbocycles. The van der Waals surface area contributed by atoms with E-state index < -0.39 is 0 Å². The molecule has 0 heterocycles. The molecule has 0 radical (unpaired) electrons. The standard InChI is InChI=1S/C10H19N.C2H6/c1-6-10(11-7-2)9(5)8(3)4;1-2/h6-9H,1-5H3;1-2H3/b10-6-,11-7?;. The third-order valence-corrected chi connectivity index (χ3v) is 2.04. The molecule has 0 amide bonds. The first-order chi connectivity index (χ1) is 6.13. The van der Waals surface area contributed by atoms with Crippen LogP contribution in [-0.4, -0.2) is 6.21 Å². The lowest BCUT2D eigenvalue weighted by Crippen LogP contribution is -2.05. The number of aliphatic imine (C=N–C) groups is 1. The summed E-state index contributed by atoms with van der Waals surface area (Å²) in [6.45, 7) is 14.7. The molecule has 13 heavy (non-hydrogen) atoms. The van der Waals surface area contributed by atoms with E-state index in [1.807, 2.05) is 33.9 Å². The predicted molar refractivity (Wildman–Crippen MR) is 63.3 cm³/mol. The molecule has 1 atom stereocenters. The minimum atomic E-state index is 0.566. The lowest BCUT2D eigenvalue weighted by molar-refractivity contribution is 0.476. The molecule has 0 saturated heterocycles. The minimum absolute atomic E-state index is 0.566. The smallest absolute Gasteiger partial charge is 0.0387 e. The molecule has 1 nitrogen and oxygen atoms in total. The molecule has 0 rings (SSSR count). The molecule has 1 unspecified atom stereocenters. The van der Waals surface area contributed by atoms with Crippen molar-refractivity contribution in [3.8, 4) is 0 Å². The Morgan fingerprint density at radius 2 is 1.54 bits per heavy atom. The highest BCUT2D eigenvalue weighted by Gasteiger charge is 2.09. The van der Waals surface area contributed by atoms with Crippen molar-refractivity contribution in [2.75, 3.05) is 0 Å². The molecule has 0 aliphatic rings. The fourth-order valence-corrected chi connectivity index (χ4v) is 0.946. The Kier molecular flexibility index (Phi) is 10.9. The summed E-state index contributed by atoms with van der Waals surface area (Å²) in [6.07, 6.45) is 3.94. The molecular weight excluding hydrogens is 158 g/mol. The quantitative estimate of drug-likeness (QED) is 0.578. The average molecular weight is 183 g/mol. The molecule has 0 aromatic rings. The van der Waals surface area contributed by atoms with Crippen LogP contribution in [0.4, 0.5) is 0 Å². The maximum absolute atomic E-state index is 4.30. The Labute approximate surface area is 84.0 Å². The number of rotatable bonds is 3. The van der Waals surface area contributed by atoms with Gasteiger partial charge in [0.15, 0.2) is 0 Å². The van der Waals surface area contributed by atoms with Crippen molar-refractivity contribution in [3.63, 3.8) is 0 Å². The van der Waals surface area contributed by atoms with Gasteiger partial charge in [0, 0.05) is 17.8 Å². The van der Waals surface area contributed by atoms with Crippen LogP contribution < -0.4 is 0 Å². The van der Waals surface area contributed by atoms with Crippen molar-refractivity contribution in [1.29, 1.82) is 0 Å². The van der Waals surface area contributed by atoms with E-state index in [4.69, 9.17) is 0 Å². The zero-order chi connectivity index (χ0) is 10.9. The van der Waals surface area contributed by atoms with Crippen LogP contribution in [0.2, 0.25) is 0 Å². The number of hydrogen-bond donors (Lipinski definition) is 0. The van der Waals surface area contributed by atoms with Crippen LogP contribution in [0.15, 0.2) is 16.8 Å². The highest BCUT2D eigenvalue weighted by atomic mass is 14.7. The monoisotopic (exact) mass is 183 g/mol. The van der Waals surface area contributed by atoms with Crippen LogP contribution >= 0.6 is 0 Å². The fourth-order valence-electron chi connectivity index (χ4n) is 0.946. The maximum atomic E-state index is 4.30. The predicted octanol–water partition coefficient (Wildman–Crippen LogP) is 4.30. The summed E-state index contributed by atoms with van der Waals surface area (Å²) in [5.41, 5.74) is 1.20. The normalized spacial score (nSPS) is 14.3. The topological polar surface area (TPSA) is 12.4 Å². The molecular formula is C12H25N. The first-order valence-electron chi connectivity index (χ1n) is 5.28. The van der Waals surface area contributed by atoms with E-state index in [9.17, 15) is 0 Å². The van der Waals surface area contributed by atoms with Gasteiger partial charge in [0.2, 0.25) is 0 Å². The average Bonchev–Trinajstić information content (AvgIpc) is 2.16. The third kappa shape index (κ3) is 6.56. The van der Waals surface area contributed by atoms with Crippen LogP contribution in [0.1, 0.15) is 48.5 Å². The Morgan fingerprint density at radius 3 is 1.77 bits per heavy atom. The van der Waals surface area contributed by atoms with Crippen molar-refractivity contribution in [2.45, 2.75) is 48.5 Å². The van der Waals surface area contributed by atoms with Crippen molar-refractivity contribution in [3.05, 3.63) is 11.8 Å².